The van der Waals surface area contributed by atoms with Crippen molar-refractivity contribution in [2.24, 2.45) is 0 Å². The van der Waals surface area contributed by atoms with Crippen LogP contribution in [0.3, 0.4) is 0 Å². The van der Waals surface area contributed by atoms with Gasteiger partial charge in [0.25, 0.3) is 0 Å². The van der Waals surface area contributed by atoms with Gasteiger partial charge in [0.1, 0.15) is 6.04 Å². The third kappa shape index (κ3) is 5.42. The minimum atomic E-state index is -0.199. The van der Waals surface area contributed by atoms with Crippen molar-refractivity contribution in [2.45, 2.75) is 38.6 Å². The van der Waals surface area contributed by atoms with Crippen molar-refractivity contribution in [3.63, 3.8) is 0 Å². The van der Waals surface area contributed by atoms with E-state index in [2.05, 4.69) is 12.2 Å². The third-order valence-corrected chi connectivity index (χ3v) is 3.40. The highest BCUT2D eigenvalue weighted by Gasteiger charge is 2.23. The largest absolute Gasteiger partial charge is 0.464 e. The summed E-state index contributed by atoms with van der Waals surface area (Å²) < 4.78 is 5.18. The summed E-state index contributed by atoms with van der Waals surface area (Å²) in [5, 5.41) is 4.25. The van der Waals surface area contributed by atoms with Crippen LogP contribution in [0, 0.1) is 0 Å². The Balaban J connectivity index is 2.02. The number of carbonyl (C=O) groups excluding carboxylic acids is 1. The second-order valence-electron chi connectivity index (χ2n) is 3.73. The van der Waals surface area contributed by atoms with E-state index in [1.54, 1.807) is 11.8 Å². The van der Waals surface area contributed by atoms with Crippen LogP contribution in [0.2, 0.25) is 0 Å². The number of thioether (sulfide) groups is 1. The maximum absolute atomic E-state index is 11.5. The molecule has 0 aromatic rings. The van der Waals surface area contributed by atoms with Crippen LogP contribution in [0.1, 0.15) is 32.6 Å². The lowest BCUT2D eigenvalue weighted by Gasteiger charge is -2.19. The Bertz CT molecular complexity index is 181. The number of nitrogens with zero attached hydrogens (tertiary/aromatic N) is 1. The summed E-state index contributed by atoms with van der Waals surface area (Å²) in [7, 11) is 0. The van der Waals surface area contributed by atoms with Crippen molar-refractivity contribution in [1.29, 1.82) is 0 Å². The van der Waals surface area contributed by atoms with Crippen LogP contribution < -0.4 is 5.32 Å². The zero-order valence-electron chi connectivity index (χ0n) is 9.41. The van der Waals surface area contributed by atoms with E-state index >= 15 is 0 Å². The third-order valence-electron chi connectivity index (χ3n) is 2.38. The topological polar surface area (TPSA) is 40.4 Å². The van der Waals surface area contributed by atoms with Gasteiger partial charge < -0.3 is 4.74 Å². The molecule has 1 heterocycles. The predicted octanol–water partition coefficient (Wildman–Crippen LogP) is 1.83. The van der Waals surface area contributed by atoms with Gasteiger partial charge in [0.2, 0.25) is 0 Å². The zero-order valence-corrected chi connectivity index (χ0v) is 10.2. The van der Waals surface area contributed by atoms with E-state index in [1.165, 1.54) is 12.8 Å². The molecule has 1 saturated heterocycles. The van der Waals surface area contributed by atoms with Crippen LogP contribution in [-0.4, -0.2) is 36.7 Å². The first-order valence-electron chi connectivity index (χ1n) is 5.75. The number of esters is 1. The average Bonchev–Trinajstić information content (AvgIpc) is 2.30. The molecule has 1 atom stereocenters. The highest BCUT2D eigenvalue weighted by molar-refractivity contribution is 7.99. The summed E-state index contributed by atoms with van der Waals surface area (Å²) in [5.41, 5.74) is 0. The van der Waals surface area contributed by atoms with E-state index < -0.39 is 0 Å². The van der Waals surface area contributed by atoms with E-state index in [9.17, 15) is 4.79 Å². The molecule has 4 heteroatoms. The molecule has 1 radical (unpaired) electrons. The molecule has 0 amide bonds. The maximum atomic E-state index is 11.5. The summed E-state index contributed by atoms with van der Waals surface area (Å²) in [6.07, 6.45) is 4.57. The number of rotatable bonds is 6. The Hall–Kier alpha value is -0.220. The van der Waals surface area contributed by atoms with Gasteiger partial charge in [0, 0.05) is 18.1 Å². The van der Waals surface area contributed by atoms with Gasteiger partial charge in [-0.3, -0.25) is 4.79 Å². The first-order valence-corrected chi connectivity index (χ1v) is 6.91. The second-order valence-corrected chi connectivity index (χ2v) is 4.87. The van der Waals surface area contributed by atoms with Crippen LogP contribution in [-0.2, 0) is 9.53 Å². The molecule has 0 aromatic heterocycles. The van der Waals surface area contributed by atoms with Crippen LogP contribution in [0.15, 0.2) is 0 Å². The van der Waals surface area contributed by atoms with Crippen molar-refractivity contribution in [1.82, 2.24) is 5.32 Å². The molecule has 3 nitrogen and oxygen atoms in total. The molecule has 87 valence electrons. The number of unbranched alkanes of at least 4 members (excludes halogenated alkanes) is 3. The molecule has 1 aliphatic rings. The Labute approximate surface area is 96.3 Å². The predicted molar refractivity (Wildman–Crippen MR) is 63.2 cm³/mol. The van der Waals surface area contributed by atoms with Crippen molar-refractivity contribution < 1.29 is 9.53 Å². The maximum Gasteiger partial charge on any atom is 0.325 e. The van der Waals surface area contributed by atoms with Crippen LogP contribution in [0.5, 0.6) is 0 Å². The summed E-state index contributed by atoms with van der Waals surface area (Å²) in [6, 6.07) is -0.199. The number of ether oxygens (including phenoxy) is 1. The standard InChI is InChI=1S/C11H20NO2S/c1-2-3-4-5-7-14-11(13)10-9-15-8-6-12-10/h10H,2-9H2,1H3. The van der Waals surface area contributed by atoms with Gasteiger partial charge in [-0.2, -0.15) is 11.8 Å². The quantitative estimate of drug-likeness (QED) is 0.516. The van der Waals surface area contributed by atoms with Crippen molar-refractivity contribution >= 4 is 17.7 Å². The number of hydrogen-bond donors (Lipinski definition) is 0. The molecule has 1 rings (SSSR count). The Morgan fingerprint density at radius 3 is 3.00 bits per heavy atom. The fourth-order valence-corrected chi connectivity index (χ4v) is 2.33. The fourth-order valence-electron chi connectivity index (χ4n) is 1.46. The highest BCUT2D eigenvalue weighted by atomic mass is 32.2. The molecule has 1 aliphatic heterocycles. The van der Waals surface area contributed by atoms with Gasteiger partial charge in [-0.1, -0.05) is 26.2 Å². The molecule has 0 aromatic carbocycles. The normalized spacial score (nSPS) is 21.3. The van der Waals surface area contributed by atoms with Gasteiger partial charge in [-0.15, -0.1) is 0 Å². The van der Waals surface area contributed by atoms with E-state index in [0.717, 1.165) is 30.9 Å². The molecule has 15 heavy (non-hydrogen) atoms. The van der Waals surface area contributed by atoms with Gasteiger partial charge in [-0.05, 0) is 6.42 Å². The van der Waals surface area contributed by atoms with Gasteiger partial charge >= 0.3 is 5.97 Å². The zero-order chi connectivity index (χ0) is 10.9. The molecular formula is C11H20NO2S. The smallest absolute Gasteiger partial charge is 0.325 e. The molecular weight excluding hydrogens is 210 g/mol. The lowest BCUT2D eigenvalue weighted by Crippen LogP contribution is -2.39. The van der Waals surface area contributed by atoms with E-state index in [1.807, 2.05) is 0 Å². The minimum Gasteiger partial charge on any atom is -0.464 e. The molecule has 0 bridgehead atoms. The average molecular weight is 230 g/mol. The molecule has 0 saturated carbocycles. The molecule has 0 spiro atoms. The van der Waals surface area contributed by atoms with Crippen molar-refractivity contribution in [2.75, 3.05) is 24.7 Å². The molecule has 0 aliphatic carbocycles. The summed E-state index contributed by atoms with van der Waals surface area (Å²) >= 11 is 1.78. The summed E-state index contributed by atoms with van der Waals surface area (Å²) in [4.78, 5) is 11.5. The van der Waals surface area contributed by atoms with Crippen LogP contribution in [0.25, 0.3) is 0 Å². The molecule has 1 fully saturated rings. The Kier molecular flexibility index (Phi) is 6.85. The molecule has 0 N–H and O–H groups in total. The van der Waals surface area contributed by atoms with Gasteiger partial charge in [0.15, 0.2) is 0 Å². The SMILES string of the molecule is CCCCCCOC(=O)C1CSCC[N]1. The molecule has 1 unspecified atom stereocenters. The van der Waals surface area contributed by atoms with Crippen molar-refractivity contribution in [3.8, 4) is 0 Å². The van der Waals surface area contributed by atoms with E-state index in [0.29, 0.717) is 6.61 Å². The minimum absolute atomic E-state index is 0.126. The van der Waals surface area contributed by atoms with Crippen molar-refractivity contribution in [3.05, 3.63) is 0 Å². The monoisotopic (exact) mass is 230 g/mol. The second kappa shape index (κ2) is 7.99. The number of hydrogen-bond acceptors (Lipinski definition) is 3. The summed E-state index contributed by atoms with van der Waals surface area (Å²) in [6.45, 7) is 3.53. The number of carbonyl (C=O) groups is 1. The van der Waals surface area contributed by atoms with Gasteiger partial charge in [-0.25, -0.2) is 5.32 Å². The fraction of sp³-hybridized carbons (Fsp3) is 0.909. The van der Waals surface area contributed by atoms with Crippen LogP contribution >= 0.6 is 11.8 Å². The lowest BCUT2D eigenvalue weighted by atomic mass is 10.2. The van der Waals surface area contributed by atoms with E-state index in [-0.39, 0.29) is 12.0 Å². The van der Waals surface area contributed by atoms with E-state index in [4.69, 9.17) is 4.74 Å². The first-order chi connectivity index (χ1) is 7.34. The lowest BCUT2D eigenvalue weighted by molar-refractivity contribution is -0.145. The summed E-state index contributed by atoms with van der Waals surface area (Å²) in [5.74, 6) is 1.72. The highest BCUT2D eigenvalue weighted by Crippen LogP contribution is 2.10. The Morgan fingerprint density at radius 2 is 2.33 bits per heavy atom. The van der Waals surface area contributed by atoms with Gasteiger partial charge in [0.05, 0.1) is 6.61 Å². The first kappa shape index (κ1) is 12.8. The Morgan fingerprint density at radius 1 is 1.47 bits per heavy atom. The van der Waals surface area contributed by atoms with Crippen LogP contribution in [0.4, 0.5) is 0 Å².